The molecule has 1 aliphatic rings. The summed E-state index contributed by atoms with van der Waals surface area (Å²) in [6, 6.07) is 0.763. The van der Waals surface area contributed by atoms with Crippen LogP contribution in [0.4, 0.5) is 0 Å². The molecular weight excluding hydrogens is 244 g/mol. The Morgan fingerprint density at radius 1 is 1.53 bits per heavy atom. The van der Waals surface area contributed by atoms with Gasteiger partial charge in [-0.15, -0.1) is 0 Å². The number of amides is 1. The topological polar surface area (TPSA) is 70.5 Å². The number of hydrogen-bond acceptors (Lipinski definition) is 3. The Bertz CT molecular complexity index is 464. The number of aromatic nitrogens is 1. The average molecular weight is 255 g/mol. The van der Waals surface area contributed by atoms with Gasteiger partial charge in [0.15, 0.2) is 0 Å². The van der Waals surface area contributed by atoms with E-state index in [1.165, 1.54) is 23.4 Å². The summed E-state index contributed by atoms with van der Waals surface area (Å²) >= 11 is 5.89. The summed E-state index contributed by atoms with van der Waals surface area (Å²) in [4.78, 5) is 28.3. The van der Waals surface area contributed by atoms with Gasteiger partial charge >= 0.3 is 5.97 Å². The minimum Gasteiger partial charge on any atom is -0.480 e. The second-order valence-electron chi connectivity index (χ2n) is 3.85. The summed E-state index contributed by atoms with van der Waals surface area (Å²) in [6.07, 6.45) is 4.03. The molecule has 5 nitrogen and oxygen atoms in total. The van der Waals surface area contributed by atoms with Gasteiger partial charge in [-0.3, -0.25) is 9.78 Å². The van der Waals surface area contributed by atoms with E-state index in [4.69, 9.17) is 16.7 Å². The van der Waals surface area contributed by atoms with Crippen molar-refractivity contribution in [3.05, 3.63) is 29.0 Å². The Hall–Kier alpha value is -1.62. The van der Waals surface area contributed by atoms with Gasteiger partial charge in [0.25, 0.3) is 5.91 Å². The van der Waals surface area contributed by atoms with E-state index < -0.39 is 12.0 Å². The maximum absolute atomic E-state index is 12.1. The van der Waals surface area contributed by atoms with Gasteiger partial charge < -0.3 is 10.0 Å². The molecule has 0 spiro atoms. The molecule has 1 aromatic rings. The van der Waals surface area contributed by atoms with Crippen LogP contribution in [0.3, 0.4) is 0 Å². The normalized spacial score (nSPS) is 19.4. The molecule has 1 aliphatic heterocycles. The van der Waals surface area contributed by atoms with Gasteiger partial charge in [-0.25, -0.2) is 4.79 Å². The van der Waals surface area contributed by atoms with Crippen molar-refractivity contribution < 1.29 is 14.7 Å². The number of halogens is 1. The highest BCUT2D eigenvalue weighted by Gasteiger charge is 2.35. The van der Waals surface area contributed by atoms with Gasteiger partial charge in [-0.2, -0.15) is 0 Å². The maximum Gasteiger partial charge on any atom is 0.326 e. The number of nitrogens with zero attached hydrogens (tertiary/aromatic N) is 2. The second-order valence-corrected chi connectivity index (χ2v) is 4.26. The van der Waals surface area contributed by atoms with Crippen molar-refractivity contribution in [3.8, 4) is 0 Å². The van der Waals surface area contributed by atoms with E-state index in [1.54, 1.807) is 0 Å². The summed E-state index contributed by atoms with van der Waals surface area (Å²) in [5.41, 5.74) is 0.252. The zero-order valence-corrected chi connectivity index (χ0v) is 9.72. The highest BCUT2D eigenvalue weighted by Crippen LogP contribution is 2.23. The largest absolute Gasteiger partial charge is 0.480 e. The van der Waals surface area contributed by atoms with Gasteiger partial charge in [0.2, 0.25) is 0 Å². The Labute approximate surface area is 103 Å². The summed E-state index contributed by atoms with van der Waals surface area (Å²) in [6.45, 7) is 0.445. The van der Waals surface area contributed by atoms with Crippen LogP contribution < -0.4 is 0 Å². The standard InChI is InChI=1S/C11H11ClN2O3/c12-8-3-4-13-6-7(8)10(15)14-5-1-2-9(14)11(16)17/h3-4,6,9H,1-2,5H2,(H,16,17)/t9-/m0/s1. The number of carbonyl (C=O) groups is 2. The lowest BCUT2D eigenvalue weighted by atomic mass is 10.2. The Morgan fingerprint density at radius 3 is 2.94 bits per heavy atom. The lowest BCUT2D eigenvalue weighted by Gasteiger charge is -2.21. The van der Waals surface area contributed by atoms with Crippen molar-refractivity contribution in [2.24, 2.45) is 0 Å². The first-order chi connectivity index (χ1) is 8.11. The van der Waals surface area contributed by atoms with Crippen molar-refractivity contribution in [2.45, 2.75) is 18.9 Å². The fourth-order valence-electron chi connectivity index (χ4n) is 1.96. The van der Waals surface area contributed by atoms with E-state index in [0.29, 0.717) is 24.4 Å². The van der Waals surface area contributed by atoms with Crippen LogP contribution in [0.15, 0.2) is 18.5 Å². The van der Waals surface area contributed by atoms with Crippen molar-refractivity contribution >= 4 is 23.5 Å². The fraction of sp³-hybridized carbons (Fsp3) is 0.364. The Morgan fingerprint density at radius 2 is 2.29 bits per heavy atom. The van der Waals surface area contributed by atoms with Gasteiger partial charge in [-0.05, 0) is 18.9 Å². The van der Waals surface area contributed by atoms with Crippen molar-refractivity contribution in [3.63, 3.8) is 0 Å². The predicted octanol–water partition coefficient (Wildman–Crippen LogP) is 1.42. The average Bonchev–Trinajstić information content (AvgIpc) is 2.77. The fourth-order valence-corrected chi connectivity index (χ4v) is 2.14. The number of rotatable bonds is 2. The smallest absolute Gasteiger partial charge is 0.326 e. The van der Waals surface area contributed by atoms with Crippen LogP contribution in [0.25, 0.3) is 0 Å². The number of hydrogen-bond donors (Lipinski definition) is 1. The molecule has 17 heavy (non-hydrogen) atoms. The summed E-state index contributed by atoms with van der Waals surface area (Å²) in [5, 5.41) is 9.30. The highest BCUT2D eigenvalue weighted by molar-refractivity contribution is 6.33. The van der Waals surface area contributed by atoms with E-state index >= 15 is 0 Å². The Balaban J connectivity index is 2.26. The SMILES string of the molecule is O=C(O)[C@@H]1CCCN1C(=O)c1cnccc1Cl. The molecule has 0 unspecified atom stereocenters. The minimum atomic E-state index is -0.976. The van der Waals surface area contributed by atoms with Crippen LogP contribution in [-0.4, -0.2) is 39.5 Å². The third kappa shape index (κ3) is 2.24. The molecule has 90 valence electrons. The second kappa shape index (κ2) is 4.71. The molecule has 6 heteroatoms. The molecule has 0 radical (unpaired) electrons. The lowest BCUT2D eigenvalue weighted by Crippen LogP contribution is -2.40. The number of carboxylic acids is 1. The first-order valence-electron chi connectivity index (χ1n) is 5.24. The van der Waals surface area contributed by atoms with Gasteiger partial charge in [0.05, 0.1) is 10.6 Å². The third-order valence-electron chi connectivity index (χ3n) is 2.80. The van der Waals surface area contributed by atoms with Crippen molar-refractivity contribution in [1.29, 1.82) is 0 Å². The van der Waals surface area contributed by atoms with Gasteiger partial charge in [-0.1, -0.05) is 11.6 Å². The third-order valence-corrected chi connectivity index (χ3v) is 3.13. The first-order valence-corrected chi connectivity index (χ1v) is 5.62. The molecule has 0 aliphatic carbocycles. The molecule has 0 saturated carbocycles. The molecule has 1 saturated heterocycles. The number of carbonyl (C=O) groups excluding carboxylic acids is 1. The maximum atomic E-state index is 12.1. The zero-order valence-electron chi connectivity index (χ0n) is 8.97. The van der Waals surface area contributed by atoms with E-state index in [-0.39, 0.29) is 11.5 Å². The molecule has 2 rings (SSSR count). The van der Waals surface area contributed by atoms with Gasteiger partial charge in [0.1, 0.15) is 6.04 Å². The molecular formula is C11H11ClN2O3. The molecule has 1 aromatic heterocycles. The van der Waals surface area contributed by atoms with Crippen molar-refractivity contribution in [2.75, 3.05) is 6.54 Å². The first kappa shape index (κ1) is 11.9. The van der Waals surface area contributed by atoms with Crippen LogP contribution >= 0.6 is 11.6 Å². The molecule has 1 N–H and O–H groups in total. The molecule has 2 heterocycles. The zero-order chi connectivity index (χ0) is 12.4. The predicted molar refractivity (Wildman–Crippen MR) is 60.9 cm³/mol. The Kier molecular flexibility index (Phi) is 3.28. The van der Waals surface area contributed by atoms with Crippen LogP contribution in [-0.2, 0) is 4.79 Å². The minimum absolute atomic E-state index is 0.252. The van der Waals surface area contributed by atoms with Crippen LogP contribution in [0, 0.1) is 0 Å². The number of likely N-dealkylation sites (tertiary alicyclic amines) is 1. The highest BCUT2D eigenvalue weighted by atomic mass is 35.5. The van der Waals surface area contributed by atoms with Crippen LogP contribution in [0.5, 0.6) is 0 Å². The van der Waals surface area contributed by atoms with Crippen LogP contribution in [0.2, 0.25) is 5.02 Å². The molecule has 0 aromatic carbocycles. The van der Waals surface area contributed by atoms with E-state index in [9.17, 15) is 9.59 Å². The number of carboxylic acid groups (broad SMARTS) is 1. The summed E-state index contributed by atoms with van der Waals surface area (Å²) in [7, 11) is 0. The van der Waals surface area contributed by atoms with Gasteiger partial charge in [0, 0.05) is 18.9 Å². The van der Waals surface area contributed by atoms with E-state index in [2.05, 4.69) is 4.98 Å². The number of pyridine rings is 1. The lowest BCUT2D eigenvalue weighted by molar-refractivity contribution is -0.141. The molecule has 0 bridgehead atoms. The summed E-state index contributed by atoms with van der Waals surface area (Å²) < 4.78 is 0. The monoisotopic (exact) mass is 254 g/mol. The summed E-state index contributed by atoms with van der Waals surface area (Å²) in [5.74, 6) is -1.34. The molecule has 1 fully saturated rings. The molecule has 1 amide bonds. The van der Waals surface area contributed by atoms with Crippen LogP contribution in [0.1, 0.15) is 23.2 Å². The van der Waals surface area contributed by atoms with Crippen molar-refractivity contribution in [1.82, 2.24) is 9.88 Å². The quantitative estimate of drug-likeness (QED) is 0.867. The van der Waals surface area contributed by atoms with E-state index in [0.717, 1.165) is 0 Å². The number of aliphatic carboxylic acids is 1. The molecule has 1 atom stereocenters. The van der Waals surface area contributed by atoms with E-state index in [1.807, 2.05) is 0 Å².